The van der Waals surface area contributed by atoms with E-state index in [4.69, 9.17) is 10.5 Å². The van der Waals surface area contributed by atoms with Crippen LogP contribution < -0.4 is 16.4 Å². The number of hydrogen-bond acceptors (Lipinski definition) is 6. The number of nitrogens with one attached hydrogen (secondary N) is 2. The van der Waals surface area contributed by atoms with Crippen LogP contribution in [0.25, 0.3) is 0 Å². The summed E-state index contributed by atoms with van der Waals surface area (Å²) in [5, 5.41) is 4.10. The van der Waals surface area contributed by atoms with E-state index in [9.17, 15) is 18.8 Å². The Bertz CT molecular complexity index is 1020. The van der Waals surface area contributed by atoms with Gasteiger partial charge in [0.1, 0.15) is 11.1 Å². The van der Waals surface area contributed by atoms with Crippen molar-refractivity contribution < 1.29 is 23.5 Å². The number of nitrogens with two attached hydrogens (primary N) is 1. The predicted octanol–water partition coefficient (Wildman–Crippen LogP) is 3.41. The van der Waals surface area contributed by atoms with Crippen molar-refractivity contribution in [3.8, 4) is 0 Å². The maximum Gasteiger partial charge on any atom is 0.337 e. The van der Waals surface area contributed by atoms with Crippen molar-refractivity contribution in [2.75, 3.05) is 11.9 Å². The number of carbonyl (C=O) groups is 3. The van der Waals surface area contributed by atoms with Gasteiger partial charge in [-0.05, 0) is 43.7 Å². The monoisotopic (exact) mass is 443 g/mol. The van der Waals surface area contributed by atoms with Gasteiger partial charge in [-0.1, -0.05) is 41.6 Å². The number of amides is 3. The first-order valence-electron chi connectivity index (χ1n) is 9.57. The van der Waals surface area contributed by atoms with Crippen LogP contribution in [-0.4, -0.2) is 29.8 Å². The van der Waals surface area contributed by atoms with E-state index in [2.05, 4.69) is 10.6 Å². The van der Waals surface area contributed by atoms with E-state index in [0.29, 0.717) is 11.3 Å². The predicted molar refractivity (Wildman–Crippen MR) is 117 cm³/mol. The molecule has 0 bridgehead atoms. The number of hydrogen-bond donors (Lipinski definition) is 3. The lowest BCUT2D eigenvalue weighted by Gasteiger charge is -2.21. The summed E-state index contributed by atoms with van der Waals surface area (Å²) in [6, 6.07) is 11.8. The van der Waals surface area contributed by atoms with Crippen LogP contribution in [0.4, 0.5) is 14.9 Å². The van der Waals surface area contributed by atoms with E-state index in [1.807, 2.05) is 19.1 Å². The average Bonchev–Trinajstić information content (AvgIpc) is 3.08. The first-order valence-corrected chi connectivity index (χ1v) is 10.5. The summed E-state index contributed by atoms with van der Waals surface area (Å²) in [4.78, 5) is 37.7. The second kappa shape index (κ2) is 9.65. The zero-order chi connectivity index (χ0) is 22.5. The second-order valence-electron chi connectivity index (χ2n) is 6.88. The number of urea groups is 1. The van der Waals surface area contributed by atoms with Crippen LogP contribution in [0.1, 0.15) is 24.0 Å². The van der Waals surface area contributed by atoms with Crippen molar-refractivity contribution in [3.63, 3.8) is 0 Å². The third-order valence-electron chi connectivity index (χ3n) is 4.66. The first kappa shape index (κ1) is 22.4. The average molecular weight is 444 g/mol. The number of anilines is 1. The van der Waals surface area contributed by atoms with Crippen molar-refractivity contribution in [1.82, 2.24) is 5.32 Å². The lowest BCUT2D eigenvalue weighted by molar-refractivity contribution is -0.138. The standard InChI is InChI=1S/C22H22FN3O4S/c1-3-30-21(28)17-16(13-6-8-14(23)9-7-13)18(31-19(17)24)20(27)26-22(29)25-15-10-4-12(2)5-11-15/h4-11,16,18H,3,24H2,1-2H3,(H2,25,26,27,29). The highest BCUT2D eigenvalue weighted by Crippen LogP contribution is 2.46. The molecule has 1 aliphatic rings. The number of halogens is 1. The molecule has 7 nitrogen and oxygen atoms in total. The number of imide groups is 1. The number of carbonyl (C=O) groups excluding carboxylic acids is 3. The third kappa shape index (κ3) is 5.24. The molecule has 3 amide bonds. The molecule has 31 heavy (non-hydrogen) atoms. The summed E-state index contributed by atoms with van der Waals surface area (Å²) in [7, 11) is 0. The van der Waals surface area contributed by atoms with Gasteiger partial charge >= 0.3 is 12.0 Å². The van der Waals surface area contributed by atoms with Gasteiger partial charge in [0.2, 0.25) is 5.91 Å². The minimum atomic E-state index is -0.909. The summed E-state index contributed by atoms with van der Waals surface area (Å²) >= 11 is 0.964. The molecule has 0 radical (unpaired) electrons. The summed E-state index contributed by atoms with van der Waals surface area (Å²) in [5.41, 5.74) is 8.24. The van der Waals surface area contributed by atoms with E-state index in [1.165, 1.54) is 24.3 Å². The van der Waals surface area contributed by atoms with Gasteiger partial charge in [0.05, 0.1) is 17.2 Å². The topological polar surface area (TPSA) is 111 Å². The van der Waals surface area contributed by atoms with E-state index in [-0.39, 0.29) is 17.2 Å². The maximum absolute atomic E-state index is 13.4. The normalized spacial score (nSPS) is 17.9. The SMILES string of the molecule is CCOC(=O)C1=C(N)SC(C(=O)NC(=O)Nc2ccc(C)cc2)C1c1ccc(F)cc1. The van der Waals surface area contributed by atoms with Gasteiger partial charge in [-0.25, -0.2) is 14.0 Å². The Balaban J connectivity index is 1.81. The molecule has 9 heteroatoms. The molecule has 4 N–H and O–H groups in total. The molecule has 0 fully saturated rings. The Morgan fingerprint density at radius 1 is 1.10 bits per heavy atom. The lowest BCUT2D eigenvalue weighted by Crippen LogP contribution is -2.41. The smallest absolute Gasteiger partial charge is 0.337 e. The van der Waals surface area contributed by atoms with Crippen molar-refractivity contribution in [3.05, 3.63) is 76.1 Å². The van der Waals surface area contributed by atoms with Gasteiger partial charge < -0.3 is 15.8 Å². The lowest BCUT2D eigenvalue weighted by atomic mass is 9.88. The van der Waals surface area contributed by atoms with Crippen LogP contribution >= 0.6 is 11.8 Å². The van der Waals surface area contributed by atoms with E-state index in [0.717, 1.165) is 17.3 Å². The third-order valence-corrected chi connectivity index (χ3v) is 5.88. The van der Waals surface area contributed by atoms with Crippen LogP contribution in [0.5, 0.6) is 0 Å². The Labute approximate surface area is 183 Å². The summed E-state index contributed by atoms with van der Waals surface area (Å²) in [5.74, 6) is -2.54. The van der Waals surface area contributed by atoms with E-state index < -0.39 is 34.9 Å². The molecule has 2 unspecified atom stereocenters. The molecule has 3 rings (SSSR count). The van der Waals surface area contributed by atoms with Crippen molar-refractivity contribution in [2.45, 2.75) is 25.0 Å². The fourth-order valence-corrected chi connectivity index (χ4v) is 4.41. The van der Waals surface area contributed by atoms with Gasteiger partial charge in [0, 0.05) is 11.6 Å². The molecule has 0 saturated heterocycles. The Hall–Kier alpha value is -3.33. The molecule has 0 aliphatic carbocycles. The summed E-state index contributed by atoms with van der Waals surface area (Å²) in [6.07, 6.45) is 0. The second-order valence-corrected chi connectivity index (χ2v) is 8.06. The van der Waals surface area contributed by atoms with Gasteiger partial charge in [0.25, 0.3) is 0 Å². The fraction of sp³-hybridized carbons (Fsp3) is 0.227. The van der Waals surface area contributed by atoms with Gasteiger partial charge in [-0.3, -0.25) is 10.1 Å². The summed E-state index contributed by atoms with van der Waals surface area (Å²) < 4.78 is 18.5. The van der Waals surface area contributed by atoms with E-state index >= 15 is 0 Å². The minimum Gasteiger partial charge on any atom is -0.463 e. The van der Waals surface area contributed by atoms with Crippen molar-refractivity contribution >= 4 is 35.4 Å². The molecule has 162 valence electrons. The highest BCUT2D eigenvalue weighted by molar-refractivity contribution is 8.04. The number of esters is 1. The first-order chi connectivity index (χ1) is 14.8. The van der Waals surface area contributed by atoms with Crippen molar-refractivity contribution in [1.29, 1.82) is 0 Å². The molecule has 2 aromatic carbocycles. The Morgan fingerprint density at radius 2 is 1.74 bits per heavy atom. The minimum absolute atomic E-state index is 0.123. The van der Waals surface area contributed by atoms with Crippen LogP contribution in [0.3, 0.4) is 0 Å². The largest absolute Gasteiger partial charge is 0.463 e. The van der Waals surface area contributed by atoms with Gasteiger partial charge in [-0.15, -0.1) is 0 Å². The maximum atomic E-state index is 13.4. The number of aryl methyl sites for hydroxylation is 1. The Kier molecular flexibility index (Phi) is 6.96. The molecule has 0 spiro atoms. The molecular weight excluding hydrogens is 421 g/mol. The zero-order valence-corrected chi connectivity index (χ0v) is 17.8. The molecule has 2 aromatic rings. The molecule has 1 aliphatic heterocycles. The summed E-state index contributed by atoms with van der Waals surface area (Å²) in [6.45, 7) is 3.70. The fourth-order valence-electron chi connectivity index (χ4n) is 3.21. The highest BCUT2D eigenvalue weighted by Gasteiger charge is 2.44. The molecule has 0 saturated carbocycles. The van der Waals surface area contributed by atoms with Crippen molar-refractivity contribution in [2.24, 2.45) is 5.73 Å². The van der Waals surface area contributed by atoms with Gasteiger partial charge in [-0.2, -0.15) is 0 Å². The molecule has 1 heterocycles. The zero-order valence-electron chi connectivity index (χ0n) is 17.0. The molecule has 0 aromatic heterocycles. The number of ether oxygens (including phenoxy) is 1. The number of rotatable bonds is 5. The van der Waals surface area contributed by atoms with E-state index in [1.54, 1.807) is 19.1 Å². The Morgan fingerprint density at radius 3 is 2.35 bits per heavy atom. The highest BCUT2D eigenvalue weighted by atomic mass is 32.2. The number of benzene rings is 2. The quantitative estimate of drug-likeness (QED) is 0.611. The van der Waals surface area contributed by atoms with Gasteiger partial charge in [0.15, 0.2) is 0 Å². The van der Waals surface area contributed by atoms with Crippen LogP contribution in [0, 0.1) is 12.7 Å². The molecular formula is C22H22FN3O4S. The van der Waals surface area contributed by atoms with Crippen LogP contribution in [-0.2, 0) is 14.3 Å². The van der Waals surface area contributed by atoms with Crippen LogP contribution in [0.2, 0.25) is 0 Å². The van der Waals surface area contributed by atoms with Crippen LogP contribution in [0.15, 0.2) is 59.1 Å². The number of thioether (sulfide) groups is 1. The molecule has 2 atom stereocenters.